The largest absolute Gasteiger partial charge is 0.277 e. The Hall–Kier alpha value is -1.26. The summed E-state index contributed by atoms with van der Waals surface area (Å²) in [6.45, 7) is 13.0. The van der Waals surface area contributed by atoms with Crippen molar-refractivity contribution >= 4 is 11.6 Å². The lowest BCUT2D eigenvalue weighted by Gasteiger charge is -2.14. The van der Waals surface area contributed by atoms with E-state index in [9.17, 15) is 0 Å². The summed E-state index contributed by atoms with van der Waals surface area (Å²) in [5.41, 5.74) is 2.64. The highest BCUT2D eigenvalue weighted by atomic mass is 35.5. The lowest BCUT2D eigenvalue weighted by molar-refractivity contribution is 0.428. The predicted octanol–water partition coefficient (Wildman–Crippen LogP) is 7.40. The Morgan fingerprint density at radius 2 is 1.83 bits per heavy atom. The lowest BCUT2D eigenvalue weighted by atomic mass is 9.88. The Bertz CT molecular complexity index is 577. The molecule has 0 saturated carbocycles. The van der Waals surface area contributed by atoms with Crippen LogP contribution in [-0.2, 0) is 6.42 Å². The van der Waals surface area contributed by atoms with Gasteiger partial charge in [-0.2, -0.15) is 0 Å². The first-order valence-electron chi connectivity index (χ1n) is 9.01. The second-order valence-corrected chi connectivity index (χ2v) is 8.58. The molecule has 1 aromatic rings. The topological polar surface area (TPSA) is 4.36 Å². The second kappa shape index (κ2) is 9.90. The van der Waals surface area contributed by atoms with Crippen molar-refractivity contribution in [3.05, 3.63) is 51.3 Å². The van der Waals surface area contributed by atoms with E-state index in [2.05, 4.69) is 70.7 Å². The van der Waals surface area contributed by atoms with Crippen molar-refractivity contribution < 1.29 is 0 Å². The van der Waals surface area contributed by atoms with Gasteiger partial charge in [-0.3, -0.25) is 0 Å². The van der Waals surface area contributed by atoms with Crippen LogP contribution in [0.2, 0.25) is 5.02 Å². The number of benzene rings is 1. The smallest absolute Gasteiger partial charge is 0.0859 e. The van der Waals surface area contributed by atoms with E-state index in [1.807, 2.05) is 12.1 Å². The third-order valence-electron chi connectivity index (χ3n) is 3.88. The van der Waals surface area contributed by atoms with E-state index >= 15 is 0 Å². The van der Waals surface area contributed by atoms with Crippen molar-refractivity contribution in [1.29, 1.82) is 0 Å². The van der Waals surface area contributed by atoms with Crippen molar-refractivity contribution in [1.82, 2.24) is 0 Å². The van der Waals surface area contributed by atoms with Crippen LogP contribution in [0.4, 0.5) is 0 Å². The number of rotatable bonds is 7. The number of allylic oxidation sites excluding steroid dienone is 2. The fourth-order valence-electron chi connectivity index (χ4n) is 2.63. The van der Waals surface area contributed by atoms with Crippen molar-refractivity contribution in [2.24, 2.45) is 11.8 Å². The summed E-state index contributed by atoms with van der Waals surface area (Å²) in [5.74, 6) is 1.02. The van der Waals surface area contributed by atoms with Crippen LogP contribution in [0.15, 0.2) is 35.9 Å². The van der Waals surface area contributed by atoms with Crippen molar-refractivity contribution in [2.75, 3.05) is 0 Å². The van der Waals surface area contributed by atoms with Gasteiger partial charge in [0.1, 0.15) is 0 Å². The van der Waals surface area contributed by atoms with Gasteiger partial charge >= 0.3 is 0 Å². The van der Waals surface area contributed by atoms with E-state index < -0.39 is 0 Å². The fourth-order valence-corrected chi connectivity index (χ4v) is 2.76. The standard InChI is InChI=1S/C22H33ClN/c1-17(2)8-7-9-18(3)14-20(16-24-22(4,5)6)15-19-10-12-21(23)13-11-19/h8,10-13,18,20H,7,9,14-15H2,1-6H3/q+1. The highest BCUT2D eigenvalue weighted by Gasteiger charge is 2.22. The van der Waals surface area contributed by atoms with Crippen molar-refractivity contribution in [2.45, 2.75) is 72.8 Å². The summed E-state index contributed by atoms with van der Waals surface area (Å²) in [4.78, 5) is 4.64. The molecule has 132 valence electrons. The molecule has 0 spiro atoms. The Morgan fingerprint density at radius 3 is 2.38 bits per heavy atom. The summed E-state index contributed by atoms with van der Waals surface area (Å²) in [6, 6.07) is 11.6. The highest BCUT2D eigenvalue weighted by molar-refractivity contribution is 6.30. The highest BCUT2D eigenvalue weighted by Crippen LogP contribution is 2.23. The third kappa shape index (κ3) is 9.78. The van der Waals surface area contributed by atoms with Crippen LogP contribution >= 0.6 is 11.6 Å². The summed E-state index contributed by atoms with van der Waals surface area (Å²) in [5, 5.41) is 0.790. The average molecular weight is 347 g/mol. The number of hydrogen-bond donors (Lipinski definition) is 0. The normalized spacial score (nSPS) is 13.6. The lowest BCUT2D eigenvalue weighted by Crippen LogP contribution is -2.11. The van der Waals surface area contributed by atoms with E-state index in [0.29, 0.717) is 11.8 Å². The first-order chi connectivity index (χ1) is 11.2. The molecular formula is C22H33ClN+. The van der Waals surface area contributed by atoms with Gasteiger partial charge in [-0.1, -0.05) is 47.2 Å². The van der Waals surface area contributed by atoms with Crippen molar-refractivity contribution in [3.8, 4) is 6.07 Å². The van der Waals surface area contributed by atoms with E-state index in [1.54, 1.807) is 0 Å². The molecule has 24 heavy (non-hydrogen) atoms. The molecule has 0 aliphatic carbocycles. The molecule has 2 atom stereocenters. The van der Waals surface area contributed by atoms with E-state index in [-0.39, 0.29) is 5.54 Å². The van der Waals surface area contributed by atoms with Crippen LogP contribution in [0.25, 0.3) is 4.85 Å². The molecule has 0 aliphatic rings. The molecule has 0 heterocycles. The fraction of sp³-hybridized carbons (Fsp3) is 0.591. The number of halogens is 1. The molecule has 1 nitrogen and oxygen atoms in total. The van der Waals surface area contributed by atoms with Gasteiger partial charge < -0.3 is 0 Å². The maximum atomic E-state index is 6.00. The van der Waals surface area contributed by atoms with E-state index in [4.69, 9.17) is 11.6 Å². The van der Waals surface area contributed by atoms with Gasteiger partial charge in [-0.15, -0.1) is 0 Å². The minimum Gasteiger partial charge on any atom is -0.0859 e. The van der Waals surface area contributed by atoms with Gasteiger partial charge in [0.15, 0.2) is 0 Å². The second-order valence-electron chi connectivity index (χ2n) is 8.14. The van der Waals surface area contributed by atoms with E-state index in [0.717, 1.165) is 24.3 Å². The zero-order valence-corrected chi connectivity index (χ0v) is 17.0. The molecule has 0 aromatic heterocycles. The monoisotopic (exact) mass is 346 g/mol. The first-order valence-corrected chi connectivity index (χ1v) is 9.39. The molecule has 2 heteroatoms. The summed E-state index contributed by atoms with van der Waals surface area (Å²) < 4.78 is 0. The zero-order valence-electron chi connectivity index (χ0n) is 16.2. The first kappa shape index (κ1) is 20.8. The molecule has 0 N–H and O–H groups in total. The van der Waals surface area contributed by atoms with Crippen LogP contribution < -0.4 is 0 Å². The van der Waals surface area contributed by atoms with Crippen LogP contribution in [0, 0.1) is 17.9 Å². The van der Waals surface area contributed by atoms with Gasteiger partial charge in [0.2, 0.25) is 0 Å². The van der Waals surface area contributed by atoms with Gasteiger partial charge in [-0.25, -0.2) is 0 Å². The predicted molar refractivity (Wildman–Crippen MR) is 108 cm³/mol. The van der Waals surface area contributed by atoms with Crippen LogP contribution in [0.1, 0.15) is 66.4 Å². The number of nitrogens with zero attached hydrogens (tertiary/aromatic N) is 1. The maximum absolute atomic E-state index is 6.00. The third-order valence-corrected chi connectivity index (χ3v) is 4.13. The maximum Gasteiger partial charge on any atom is 0.277 e. The quantitative estimate of drug-likeness (QED) is 0.453. The molecule has 0 saturated heterocycles. The summed E-state index contributed by atoms with van der Waals surface area (Å²) in [6.07, 6.45) is 6.81. The molecule has 0 aliphatic heterocycles. The molecule has 0 bridgehead atoms. The minimum absolute atomic E-state index is 0.0659. The summed E-state index contributed by atoms with van der Waals surface area (Å²) in [7, 11) is 0. The Labute approximate surface area is 153 Å². The number of hydrogen-bond acceptors (Lipinski definition) is 0. The van der Waals surface area contributed by atoms with Crippen molar-refractivity contribution in [3.63, 3.8) is 0 Å². The van der Waals surface area contributed by atoms with Gasteiger partial charge in [-0.05, 0) is 63.1 Å². The molecule has 2 unspecified atom stereocenters. The van der Waals surface area contributed by atoms with Crippen LogP contribution in [0.5, 0.6) is 0 Å². The van der Waals surface area contributed by atoms with Crippen LogP contribution in [0.3, 0.4) is 0 Å². The van der Waals surface area contributed by atoms with E-state index in [1.165, 1.54) is 17.6 Å². The summed E-state index contributed by atoms with van der Waals surface area (Å²) >= 11 is 6.00. The SMILES string of the molecule is CC(C)=CCCC(C)CC(C#[N+]C(C)(C)C)Cc1ccc(Cl)cc1. The Morgan fingerprint density at radius 1 is 1.21 bits per heavy atom. The van der Waals surface area contributed by atoms with Crippen LogP contribution in [-0.4, -0.2) is 5.54 Å². The molecule has 0 amide bonds. The zero-order chi connectivity index (χ0) is 18.2. The van der Waals surface area contributed by atoms with Gasteiger partial charge in [0.25, 0.3) is 11.6 Å². The molecule has 0 fully saturated rings. The molecule has 1 rings (SSSR count). The van der Waals surface area contributed by atoms with Gasteiger partial charge in [0, 0.05) is 25.8 Å². The average Bonchev–Trinajstić information content (AvgIpc) is 2.46. The molecular weight excluding hydrogens is 314 g/mol. The Kier molecular flexibility index (Phi) is 8.57. The Balaban J connectivity index is 2.75. The minimum atomic E-state index is -0.0659. The van der Waals surface area contributed by atoms with Gasteiger partial charge in [0.05, 0.1) is 5.92 Å². The molecule has 1 aromatic carbocycles. The molecule has 0 radical (unpaired) electrons.